The molecule has 0 spiro atoms. The lowest BCUT2D eigenvalue weighted by molar-refractivity contribution is 0.414. The molecule has 114 valence electrons. The average molecular weight is 301 g/mol. The van der Waals surface area contributed by atoms with Crippen LogP contribution in [-0.4, -0.2) is 7.11 Å². The number of benzene rings is 3. The first-order chi connectivity index (χ1) is 11.3. The Kier molecular flexibility index (Phi) is 3.51. The molecule has 0 saturated heterocycles. The highest BCUT2D eigenvalue weighted by atomic mass is 16.5. The zero-order valence-corrected chi connectivity index (χ0v) is 13.2. The smallest absolute Gasteiger partial charge is 0.118 e. The van der Waals surface area contributed by atoms with Crippen molar-refractivity contribution in [3.05, 3.63) is 83.4 Å². The summed E-state index contributed by atoms with van der Waals surface area (Å²) in [7, 11) is 1.69. The van der Waals surface area contributed by atoms with Gasteiger partial charge in [0.1, 0.15) is 5.75 Å². The Morgan fingerprint density at radius 1 is 0.870 bits per heavy atom. The van der Waals surface area contributed by atoms with E-state index in [0.717, 1.165) is 18.7 Å². The quantitative estimate of drug-likeness (QED) is 0.580. The molecule has 0 atom stereocenters. The lowest BCUT2D eigenvalue weighted by Gasteiger charge is -2.09. The largest absolute Gasteiger partial charge is 0.497 e. The number of ether oxygens (including phenoxy) is 1. The maximum Gasteiger partial charge on any atom is 0.118 e. The standard InChI is InChI=1S/C21H19NO/c1-23-19-9-6-15(7-10-19)14-22-18-8-11-21-17(13-18)12-16-4-2-3-5-20(16)21/h2-11,13,22H,12,14H2,1H3. The van der Waals surface area contributed by atoms with Crippen molar-refractivity contribution >= 4 is 5.69 Å². The summed E-state index contributed by atoms with van der Waals surface area (Å²) in [6.45, 7) is 0.815. The predicted octanol–water partition coefficient (Wildman–Crippen LogP) is 4.88. The van der Waals surface area contributed by atoms with Crippen LogP contribution in [0.1, 0.15) is 16.7 Å². The minimum absolute atomic E-state index is 0.815. The van der Waals surface area contributed by atoms with Gasteiger partial charge in [-0.3, -0.25) is 0 Å². The summed E-state index contributed by atoms with van der Waals surface area (Å²) in [5.74, 6) is 0.893. The summed E-state index contributed by atoms with van der Waals surface area (Å²) in [5, 5.41) is 3.51. The monoisotopic (exact) mass is 301 g/mol. The average Bonchev–Trinajstić information content (AvgIpc) is 2.98. The van der Waals surface area contributed by atoms with Crippen LogP contribution in [0.25, 0.3) is 11.1 Å². The summed E-state index contributed by atoms with van der Waals surface area (Å²) in [6.07, 6.45) is 1.03. The van der Waals surface area contributed by atoms with Gasteiger partial charge in [0.15, 0.2) is 0 Å². The zero-order chi connectivity index (χ0) is 15.6. The van der Waals surface area contributed by atoms with Gasteiger partial charge in [0.25, 0.3) is 0 Å². The molecule has 0 unspecified atom stereocenters. The van der Waals surface area contributed by atoms with E-state index in [1.807, 2.05) is 12.1 Å². The normalized spacial score (nSPS) is 11.7. The number of nitrogens with one attached hydrogen (secondary N) is 1. The van der Waals surface area contributed by atoms with E-state index in [-0.39, 0.29) is 0 Å². The molecule has 2 nitrogen and oxygen atoms in total. The van der Waals surface area contributed by atoms with E-state index in [1.54, 1.807) is 7.11 Å². The van der Waals surface area contributed by atoms with Crippen molar-refractivity contribution in [2.24, 2.45) is 0 Å². The number of rotatable bonds is 4. The second-order valence-electron chi connectivity index (χ2n) is 5.91. The van der Waals surface area contributed by atoms with E-state index in [1.165, 1.54) is 33.5 Å². The van der Waals surface area contributed by atoms with Crippen LogP contribution >= 0.6 is 0 Å². The fraction of sp³-hybridized carbons (Fsp3) is 0.143. The second-order valence-corrected chi connectivity index (χ2v) is 5.91. The first-order valence-electron chi connectivity index (χ1n) is 7.91. The molecule has 0 aromatic heterocycles. The van der Waals surface area contributed by atoms with Gasteiger partial charge in [0.2, 0.25) is 0 Å². The van der Waals surface area contributed by atoms with Gasteiger partial charge in [-0.1, -0.05) is 42.5 Å². The van der Waals surface area contributed by atoms with Crippen LogP contribution < -0.4 is 10.1 Å². The first-order valence-corrected chi connectivity index (χ1v) is 7.91. The molecular formula is C21H19NO. The van der Waals surface area contributed by atoms with Crippen LogP contribution in [0, 0.1) is 0 Å². The van der Waals surface area contributed by atoms with E-state index in [4.69, 9.17) is 4.74 Å². The van der Waals surface area contributed by atoms with Crippen LogP contribution in [0.5, 0.6) is 5.75 Å². The summed E-state index contributed by atoms with van der Waals surface area (Å²) in [5.41, 5.74) is 8.00. The van der Waals surface area contributed by atoms with Crippen LogP contribution in [-0.2, 0) is 13.0 Å². The third-order valence-electron chi connectivity index (χ3n) is 4.45. The Morgan fingerprint density at radius 2 is 1.65 bits per heavy atom. The summed E-state index contributed by atoms with van der Waals surface area (Å²) >= 11 is 0. The number of hydrogen-bond donors (Lipinski definition) is 1. The molecule has 0 amide bonds. The summed E-state index contributed by atoms with van der Waals surface area (Å²) in [4.78, 5) is 0. The van der Waals surface area contributed by atoms with E-state index in [9.17, 15) is 0 Å². The Labute approximate surface area is 136 Å². The number of fused-ring (bicyclic) bond motifs is 3. The van der Waals surface area contributed by atoms with E-state index < -0.39 is 0 Å². The Morgan fingerprint density at radius 3 is 2.48 bits per heavy atom. The topological polar surface area (TPSA) is 21.3 Å². The summed E-state index contributed by atoms with van der Waals surface area (Å²) < 4.78 is 5.19. The van der Waals surface area contributed by atoms with Crippen molar-refractivity contribution in [3.63, 3.8) is 0 Å². The number of anilines is 1. The van der Waals surface area contributed by atoms with Crippen LogP contribution in [0.4, 0.5) is 5.69 Å². The SMILES string of the molecule is COc1ccc(CNc2ccc3c(c2)Cc2ccccc2-3)cc1. The lowest BCUT2D eigenvalue weighted by Crippen LogP contribution is -1.99. The zero-order valence-electron chi connectivity index (χ0n) is 13.2. The van der Waals surface area contributed by atoms with Gasteiger partial charge in [-0.05, 0) is 58.5 Å². The Balaban J connectivity index is 1.50. The molecule has 0 fully saturated rings. The minimum atomic E-state index is 0.815. The molecule has 0 aliphatic heterocycles. The van der Waals surface area contributed by atoms with Gasteiger partial charge >= 0.3 is 0 Å². The molecule has 1 aliphatic rings. The minimum Gasteiger partial charge on any atom is -0.497 e. The Hall–Kier alpha value is -2.74. The van der Waals surface area contributed by atoms with Gasteiger partial charge in [-0.15, -0.1) is 0 Å². The molecule has 0 bridgehead atoms. The van der Waals surface area contributed by atoms with Gasteiger partial charge < -0.3 is 10.1 Å². The molecule has 1 aliphatic carbocycles. The maximum absolute atomic E-state index is 5.19. The molecule has 0 heterocycles. The van der Waals surface area contributed by atoms with Gasteiger partial charge in [-0.2, -0.15) is 0 Å². The van der Waals surface area contributed by atoms with E-state index in [0.29, 0.717) is 0 Å². The Bertz CT molecular complexity index is 837. The maximum atomic E-state index is 5.19. The molecule has 3 aromatic carbocycles. The van der Waals surface area contributed by atoms with Crippen molar-refractivity contribution in [2.75, 3.05) is 12.4 Å². The fourth-order valence-electron chi connectivity index (χ4n) is 3.20. The number of methoxy groups -OCH3 is 1. The van der Waals surface area contributed by atoms with Crippen molar-refractivity contribution < 1.29 is 4.74 Å². The van der Waals surface area contributed by atoms with Crippen LogP contribution in [0.3, 0.4) is 0 Å². The second kappa shape index (κ2) is 5.81. The third kappa shape index (κ3) is 2.68. The van der Waals surface area contributed by atoms with Gasteiger partial charge in [0.05, 0.1) is 7.11 Å². The highest BCUT2D eigenvalue weighted by molar-refractivity contribution is 5.78. The van der Waals surface area contributed by atoms with Crippen LogP contribution in [0.2, 0.25) is 0 Å². The van der Waals surface area contributed by atoms with E-state index in [2.05, 4.69) is 59.9 Å². The summed E-state index contributed by atoms with van der Waals surface area (Å²) in [6, 6.07) is 23.5. The van der Waals surface area contributed by atoms with Crippen molar-refractivity contribution in [2.45, 2.75) is 13.0 Å². The molecular weight excluding hydrogens is 282 g/mol. The van der Waals surface area contributed by atoms with Crippen molar-refractivity contribution in [3.8, 4) is 16.9 Å². The molecule has 2 heteroatoms. The highest BCUT2D eigenvalue weighted by Crippen LogP contribution is 2.37. The van der Waals surface area contributed by atoms with Crippen LogP contribution in [0.15, 0.2) is 66.7 Å². The predicted molar refractivity (Wildman–Crippen MR) is 95.0 cm³/mol. The molecule has 3 aromatic rings. The van der Waals surface area contributed by atoms with E-state index >= 15 is 0 Å². The molecule has 0 radical (unpaired) electrons. The van der Waals surface area contributed by atoms with Crippen molar-refractivity contribution in [1.29, 1.82) is 0 Å². The third-order valence-corrected chi connectivity index (χ3v) is 4.45. The first kappa shape index (κ1) is 13.9. The highest BCUT2D eigenvalue weighted by Gasteiger charge is 2.17. The van der Waals surface area contributed by atoms with Crippen molar-refractivity contribution in [1.82, 2.24) is 0 Å². The molecule has 4 rings (SSSR count). The van der Waals surface area contributed by atoms with Gasteiger partial charge in [-0.25, -0.2) is 0 Å². The molecule has 23 heavy (non-hydrogen) atoms. The molecule has 1 N–H and O–H groups in total. The van der Waals surface area contributed by atoms with Gasteiger partial charge in [0, 0.05) is 12.2 Å². The number of hydrogen-bond acceptors (Lipinski definition) is 2. The lowest BCUT2D eigenvalue weighted by atomic mass is 10.1. The molecule has 0 saturated carbocycles. The fourth-order valence-corrected chi connectivity index (χ4v) is 3.20.